The van der Waals surface area contributed by atoms with Crippen molar-refractivity contribution in [3.8, 4) is 17.1 Å². The summed E-state index contributed by atoms with van der Waals surface area (Å²) < 4.78 is 4.32. The van der Waals surface area contributed by atoms with Crippen molar-refractivity contribution in [1.82, 2.24) is 9.55 Å². The van der Waals surface area contributed by atoms with Crippen molar-refractivity contribution in [2.45, 2.75) is 39.0 Å². The van der Waals surface area contributed by atoms with Crippen molar-refractivity contribution in [3.05, 3.63) is 81.2 Å². The number of hydrogen-bond acceptors (Lipinski definition) is 1. The average Bonchev–Trinajstić information content (AvgIpc) is 3.13. The fourth-order valence-electron chi connectivity index (χ4n) is 3.70. The van der Waals surface area contributed by atoms with Gasteiger partial charge in [0.2, 0.25) is 0 Å². The van der Waals surface area contributed by atoms with E-state index in [2.05, 4.69) is 97.9 Å². The maximum Gasteiger partial charge on any atom is 0.146 e. The first kappa shape index (κ1) is 20.4. The molecular formula is C25H24Br2N2. The minimum Gasteiger partial charge on any atom is -0.292 e. The van der Waals surface area contributed by atoms with Crippen molar-refractivity contribution in [2.24, 2.45) is 0 Å². The first-order valence-corrected chi connectivity index (χ1v) is 11.8. The van der Waals surface area contributed by atoms with Gasteiger partial charge >= 0.3 is 0 Å². The number of imidazole rings is 1. The first-order chi connectivity index (χ1) is 14.2. The SMILES string of the molecule is CCCCCCc1ccc(-n2c(-c3cc(Br)ccc3Br)nc3ccccc32)cc1. The Morgan fingerprint density at radius 1 is 0.862 bits per heavy atom. The van der Waals surface area contributed by atoms with Gasteiger partial charge in [-0.2, -0.15) is 0 Å². The van der Waals surface area contributed by atoms with Gasteiger partial charge in [-0.3, -0.25) is 4.57 Å². The highest BCUT2D eigenvalue weighted by atomic mass is 79.9. The van der Waals surface area contributed by atoms with Gasteiger partial charge in [-0.15, -0.1) is 0 Å². The molecule has 0 aliphatic carbocycles. The summed E-state index contributed by atoms with van der Waals surface area (Å²) in [6.07, 6.45) is 6.32. The van der Waals surface area contributed by atoms with Gasteiger partial charge in [0.1, 0.15) is 5.82 Å². The van der Waals surface area contributed by atoms with Crippen molar-refractivity contribution in [1.29, 1.82) is 0 Å². The lowest BCUT2D eigenvalue weighted by molar-refractivity contribution is 0.667. The molecule has 0 fully saturated rings. The van der Waals surface area contributed by atoms with Crippen LogP contribution in [0.25, 0.3) is 28.1 Å². The summed E-state index contributed by atoms with van der Waals surface area (Å²) in [7, 11) is 0. The fourth-order valence-corrected chi connectivity index (χ4v) is 4.49. The Morgan fingerprint density at radius 3 is 2.45 bits per heavy atom. The van der Waals surface area contributed by atoms with E-state index < -0.39 is 0 Å². The molecule has 4 rings (SSSR count). The third-order valence-corrected chi connectivity index (χ3v) is 6.43. The lowest BCUT2D eigenvalue weighted by Gasteiger charge is -2.12. The van der Waals surface area contributed by atoms with Crippen LogP contribution in [0.2, 0.25) is 0 Å². The van der Waals surface area contributed by atoms with E-state index in [1.807, 2.05) is 12.1 Å². The molecular weight excluding hydrogens is 488 g/mol. The molecule has 0 saturated carbocycles. The monoisotopic (exact) mass is 510 g/mol. The minimum absolute atomic E-state index is 0.940. The molecule has 148 valence electrons. The molecule has 0 radical (unpaired) electrons. The normalized spacial score (nSPS) is 11.3. The van der Waals surface area contributed by atoms with Crippen LogP contribution in [-0.2, 0) is 6.42 Å². The van der Waals surface area contributed by atoms with Gasteiger partial charge in [0.25, 0.3) is 0 Å². The maximum atomic E-state index is 4.97. The summed E-state index contributed by atoms with van der Waals surface area (Å²) in [4.78, 5) is 4.97. The largest absolute Gasteiger partial charge is 0.292 e. The van der Waals surface area contributed by atoms with Crippen molar-refractivity contribution < 1.29 is 0 Å². The molecule has 0 N–H and O–H groups in total. The van der Waals surface area contributed by atoms with Gasteiger partial charge in [-0.05, 0) is 60.9 Å². The Labute approximate surface area is 189 Å². The van der Waals surface area contributed by atoms with Crippen LogP contribution in [0.4, 0.5) is 0 Å². The fraction of sp³-hybridized carbons (Fsp3) is 0.240. The van der Waals surface area contributed by atoms with E-state index in [0.717, 1.165) is 43.5 Å². The van der Waals surface area contributed by atoms with Crippen LogP contribution < -0.4 is 0 Å². The second kappa shape index (κ2) is 9.27. The van der Waals surface area contributed by atoms with Gasteiger partial charge in [-0.1, -0.05) is 82.3 Å². The van der Waals surface area contributed by atoms with Crippen LogP contribution in [0, 0.1) is 0 Å². The molecule has 0 bridgehead atoms. The summed E-state index contributed by atoms with van der Waals surface area (Å²) in [5, 5.41) is 0. The number of aryl methyl sites for hydroxylation is 1. The van der Waals surface area contributed by atoms with Gasteiger partial charge in [0, 0.05) is 20.2 Å². The van der Waals surface area contributed by atoms with Gasteiger partial charge in [-0.25, -0.2) is 4.98 Å². The number of hydrogen-bond donors (Lipinski definition) is 0. The van der Waals surface area contributed by atoms with Gasteiger partial charge in [0.05, 0.1) is 11.0 Å². The Hall–Kier alpha value is -1.91. The molecule has 0 amide bonds. The Kier molecular flexibility index (Phi) is 6.51. The van der Waals surface area contributed by atoms with Crippen molar-refractivity contribution in [2.75, 3.05) is 0 Å². The molecule has 2 nitrogen and oxygen atoms in total. The molecule has 0 spiro atoms. The van der Waals surface area contributed by atoms with Crippen LogP contribution in [0.15, 0.2) is 75.7 Å². The van der Waals surface area contributed by atoms with Crippen LogP contribution in [-0.4, -0.2) is 9.55 Å². The van der Waals surface area contributed by atoms with Crippen molar-refractivity contribution >= 4 is 42.9 Å². The van der Waals surface area contributed by atoms with E-state index in [0.29, 0.717) is 0 Å². The zero-order valence-electron chi connectivity index (χ0n) is 16.5. The molecule has 0 saturated heterocycles. The number of unbranched alkanes of at least 4 members (excludes halogenated alkanes) is 3. The third-order valence-electron chi connectivity index (χ3n) is 5.24. The second-order valence-corrected chi connectivity index (χ2v) is 9.13. The summed E-state index contributed by atoms with van der Waals surface area (Å²) in [6, 6.07) is 23.5. The Bertz CT molecular complexity index is 1110. The molecule has 3 aromatic carbocycles. The number of aromatic nitrogens is 2. The molecule has 29 heavy (non-hydrogen) atoms. The predicted octanol–water partition coefficient (Wildman–Crippen LogP) is 8.34. The van der Waals surface area contributed by atoms with E-state index in [1.54, 1.807) is 0 Å². The molecule has 0 aliphatic heterocycles. The van der Waals surface area contributed by atoms with Gasteiger partial charge < -0.3 is 0 Å². The molecule has 0 atom stereocenters. The maximum absolute atomic E-state index is 4.97. The highest BCUT2D eigenvalue weighted by Crippen LogP contribution is 2.34. The minimum atomic E-state index is 0.940. The number of rotatable bonds is 7. The number of para-hydroxylation sites is 2. The zero-order chi connectivity index (χ0) is 20.2. The molecule has 4 aromatic rings. The molecule has 4 heteroatoms. The smallest absolute Gasteiger partial charge is 0.146 e. The topological polar surface area (TPSA) is 17.8 Å². The standard InChI is InChI=1S/C25H24Br2N2/c1-2-3-4-5-8-18-11-14-20(15-12-18)29-24-10-7-6-9-23(24)28-25(29)21-17-19(26)13-16-22(21)27/h6-7,9-17H,2-5,8H2,1H3. The Balaban J connectivity index is 1.76. The number of nitrogens with zero attached hydrogens (tertiary/aromatic N) is 2. The Morgan fingerprint density at radius 2 is 1.66 bits per heavy atom. The van der Waals surface area contributed by atoms with Gasteiger partial charge in [0.15, 0.2) is 0 Å². The zero-order valence-corrected chi connectivity index (χ0v) is 19.7. The molecule has 1 heterocycles. The van der Waals surface area contributed by atoms with E-state index in [4.69, 9.17) is 4.98 Å². The quantitative estimate of drug-likeness (QED) is 0.228. The highest BCUT2D eigenvalue weighted by molar-refractivity contribution is 9.11. The summed E-state index contributed by atoms with van der Waals surface area (Å²) in [6.45, 7) is 2.26. The van der Waals surface area contributed by atoms with E-state index >= 15 is 0 Å². The summed E-state index contributed by atoms with van der Waals surface area (Å²) >= 11 is 7.31. The van der Waals surface area contributed by atoms with E-state index in [1.165, 1.54) is 31.2 Å². The van der Waals surface area contributed by atoms with Crippen LogP contribution in [0.3, 0.4) is 0 Å². The molecule has 0 unspecified atom stereocenters. The first-order valence-electron chi connectivity index (χ1n) is 10.2. The van der Waals surface area contributed by atoms with Crippen molar-refractivity contribution in [3.63, 3.8) is 0 Å². The number of halogens is 2. The second-order valence-electron chi connectivity index (χ2n) is 7.36. The van der Waals surface area contributed by atoms with Crippen LogP contribution in [0.5, 0.6) is 0 Å². The average molecular weight is 512 g/mol. The summed E-state index contributed by atoms with van der Waals surface area (Å²) in [5.74, 6) is 0.940. The van der Waals surface area contributed by atoms with E-state index in [-0.39, 0.29) is 0 Å². The molecule has 1 aromatic heterocycles. The van der Waals surface area contributed by atoms with E-state index in [9.17, 15) is 0 Å². The predicted molar refractivity (Wildman–Crippen MR) is 130 cm³/mol. The highest BCUT2D eigenvalue weighted by Gasteiger charge is 2.16. The van der Waals surface area contributed by atoms with Crippen LogP contribution >= 0.6 is 31.9 Å². The molecule has 0 aliphatic rings. The number of benzene rings is 3. The number of fused-ring (bicyclic) bond motifs is 1. The lowest BCUT2D eigenvalue weighted by atomic mass is 10.1. The summed E-state index contributed by atoms with van der Waals surface area (Å²) in [5.41, 5.74) is 5.72. The van der Waals surface area contributed by atoms with Crippen LogP contribution in [0.1, 0.15) is 38.2 Å². The lowest BCUT2D eigenvalue weighted by Crippen LogP contribution is -1.99. The third kappa shape index (κ3) is 4.49.